The number of anilines is 1. The van der Waals surface area contributed by atoms with Gasteiger partial charge in [-0.1, -0.05) is 48.2 Å². The average Bonchev–Trinajstić information content (AvgIpc) is 2.89. The largest absolute Gasteiger partial charge is 0.363 e. The number of thioether (sulfide) groups is 1. The Balaban J connectivity index is 1.81. The van der Waals surface area contributed by atoms with E-state index >= 15 is 0 Å². The van der Waals surface area contributed by atoms with E-state index in [0.29, 0.717) is 0 Å². The Morgan fingerprint density at radius 3 is 2.67 bits per heavy atom. The highest BCUT2D eigenvalue weighted by Crippen LogP contribution is 2.51. The Morgan fingerprint density at radius 1 is 1.06 bits per heavy atom. The van der Waals surface area contributed by atoms with Crippen molar-refractivity contribution in [3.05, 3.63) is 59.7 Å². The predicted octanol–water partition coefficient (Wildman–Crippen LogP) is 3.34. The molecule has 0 bridgehead atoms. The van der Waals surface area contributed by atoms with E-state index in [4.69, 9.17) is 0 Å². The van der Waals surface area contributed by atoms with Crippen LogP contribution >= 0.6 is 11.8 Å². The minimum atomic E-state index is -0.507. The van der Waals surface area contributed by atoms with E-state index < -0.39 is 4.87 Å². The van der Waals surface area contributed by atoms with Crippen LogP contribution < -0.4 is 5.32 Å². The number of benzene rings is 2. The summed E-state index contributed by atoms with van der Waals surface area (Å²) in [5.74, 6) is 0.208. The van der Waals surface area contributed by atoms with Gasteiger partial charge in [-0.25, -0.2) is 0 Å². The fourth-order valence-electron chi connectivity index (χ4n) is 2.74. The van der Waals surface area contributed by atoms with Crippen LogP contribution in [-0.4, -0.2) is 10.7 Å². The summed E-state index contributed by atoms with van der Waals surface area (Å²) >= 11 is 1.65. The minimum absolute atomic E-state index is 0.208. The SMILES string of the molecule is O=C1c2ccccc2CC12Nc1ccccc1S2. The van der Waals surface area contributed by atoms with Gasteiger partial charge in [-0.15, -0.1) is 0 Å². The van der Waals surface area contributed by atoms with Gasteiger partial charge in [0, 0.05) is 22.6 Å². The first-order valence-electron chi connectivity index (χ1n) is 5.97. The molecule has 0 aromatic heterocycles. The summed E-state index contributed by atoms with van der Waals surface area (Å²) < 4.78 is 0. The molecule has 0 saturated carbocycles. The number of nitrogens with one attached hydrogen (secondary N) is 1. The lowest BCUT2D eigenvalue weighted by Crippen LogP contribution is -2.37. The Kier molecular flexibility index (Phi) is 1.92. The molecule has 1 N–H and O–H groups in total. The highest BCUT2D eigenvalue weighted by molar-refractivity contribution is 8.02. The topological polar surface area (TPSA) is 29.1 Å². The van der Waals surface area contributed by atoms with Crippen LogP contribution in [0.5, 0.6) is 0 Å². The number of para-hydroxylation sites is 1. The molecule has 2 aromatic carbocycles. The minimum Gasteiger partial charge on any atom is -0.363 e. The van der Waals surface area contributed by atoms with E-state index in [2.05, 4.69) is 11.4 Å². The molecule has 1 atom stereocenters. The first-order chi connectivity index (χ1) is 8.78. The molecule has 88 valence electrons. The van der Waals surface area contributed by atoms with Gasteiger partial charge in [0.15, 0.2) is 10.7 Å². The lowest BCUT2D eigenvalue weighted by molar-refractivity contribution is 0.0969. The summed E-state index contributed by atoms with van der Waals surface area (Å²) in [5.41, 5.74) is 3.09. The van der Waals surface area contributed by atoms with Crippen LogP contribution in [0, 0.1) is 0 Å². The number of ketones is 1. The van der Waals surface area contributed by atoms with Gasteiger partial charge >= 0.3 is 0 Å². The zero-order valence-corrected chi connectivity index (χ0v) is 10.5. The van der Waals surface area contributed by atoms with Crippen molar-refractivity contribution >= 4 is 23.2 Å². The van der Waals surface area contributed by atoms with Crippen LogP contribution in [0.15, 0.2) is 53.4 Å². The van der Waals surface area contributed by atoms with E-state index in [9.17, 15) is 4.79 Å². The number of carbonyl (C=O) groups excluding carboxylic acids is 1. The Hall–Kier alpha value is -1.74. The second kappa shape index (κ2) is 3.39. The van der Waals surface area contributed by atoms with Crippen molar-refractivity contribution in [2.24, 2.45) is 0 Å². The fourth-order valence-corrected chi connectivity index (χ4v) is 4.08. The average molecular weight is 253 g/mol. The maximum atomic E-state index is 12.6. The molecule has 2 aliphatic rings. The van der Waals surface area contributed by atoms with Gasteiger partial charge in [0.25, 0.3) is 0 Å². The van der Waals surface area contributed by atoms with Gasteiger partial charge < -0.3 is 5.32 Å². The van der Waals surface area contributed by atoms with Gasteiger partial charge in [-0.05, 0) is 17.7 Å². The van der Waals surface area contributed by atoms with Crippen LogP contribution in [0.25, 0.3) is 0 Å². The van der Waals surface area contributed by atoms with Gasteiger partial charge in [0.1, 0.15) is 0 Å². The molecule has 3 heteroatoms. The predicted molar refractivity (Wildman–Crippen MR) is 73.1 cm³/mol. The molecule has 2 aromatic rings. The molecule has 0 radical (unpaired) electrons. The molecule has 0 fully saturated rings. The Morgan fingerprint density at radius 2 is 1.83 bits per heavy atom. The van der Waals surface area contributed by atoms with Gasteiger partial charge in [-0.3, -0.25) is 4.79 Å². The van der Waals surface area contributed by atoms with Crippen molar-refractivity contribution in [3.8, 4) is 0 Å². The van der Waals surface area contributed by atoms with Crippen LogP contribution in [-0.2, 0) is 6.42 Å². The zero-order valence-electron chi connectivity index (χ0n) is 9.64. The zero-order chi connectivity index (χ0) is 12.2. The third kappa shape index (κ3) is 1.22. The van der Waals surface area contributed by atoms with Crippen LogP contribution in [0.2, 0.25) is 0 Å². The number of Topliss-reactive ketones (excluding diaryl/α,β-unsaturated/α-hetero) is 1. The Labute approximate surface area is 109 Å². The molecule has 2 nitrogen and oxygen atoms in total. The molecule has 1 aliphatic carbocycles. The molecule has 1 spiro atoms. The van der Waals surface area contributed by atoms with E-state index in [-0.39, 0.29) is 5.78 Å². The van der Waals surface area contributed by atoms with Crippen molar-refractivity contribution in [1.29, 1.82) is 0 Å². The highest BCUT2D eigenvalue weighted by atomic mass is 32.2. The number of hydrogen-bond acceptors (Lipinski definition) is 3. The van der Waals surface area contributed by atoms with Crippen LogP contribution in [0.1, 0.15) is 15.9 Å². The molecular formula is C15H11NOS. The molecular weight excluding hydrogens is 242 g/mol. The summed E-state index contributed by atoms with van der Waals surface area (Å²) in [7, 11) is 0. The smallest absolute Gasteiger partial charge is 0.199 e. The third-order valence-electron chi connectivity index (χ3n) is 3.58. The number of rotatable bonds is 0. The van der Waals surface area contributed by atoms with Gasteiger partial charge in [-0.2, -0.15) is 0 Å². The summed E-state index contributed by atoms with van der Waals surface area (Å²) in [4.78, 5) is 13.3. The molecule has 0 amide bonds. The third-order valence-corrected chi connectivity index (χ3v) is 4.93. The molecule has 4 rings (SSSR count). The van der Waals surface area contributed by atoms with Crippen molar-refractivity contribution in [1.82, 2.24) is 0 Å². The summed E-state index contributed by atoms with van der Waals surface area (Å²) in [6.07, 6.45) is 0.765. The Bertz CT molecular complexity index is 635. The lowest BCUT2D eigenvalue weighted by Gasteiger charge is -2.20. The number of carbonyl (C=O) groups is 1. The first-order valence-corrected chi connectivity index (χ1v) is 6.79. The molecule has 1 unspecified atom stereocenters. The maximum absolute atomic E-state index is 12.6. The van der Waals surface area contributed by atoms with Crippen molar-refractivity contribution < 1.29 is 4.79 Å². The molecule has 1 aliphatic heterocycles. The van der Waals surface area contributed by atoms with Crippen molar-refractivity contribution in [3.63, 3.8) is 0 Å². The number of hydrogen-bond donors (Lipinski definition) is 1. The van der Waals surface area contributed by atoms with E-state index in [0.717, 1.165) is 23.2 Å². The monoisotopic (exact) mass is 253 g/mol. The van der Waals surface area contributed by atoms with Gasteiger partial charge in [0.05, 0.1) is 0 Å². The van der Waals surface area contributed by atoms with Crippen molar-refractivity contribution in [2.45, 2.75) is 16.2 Å². The quantitative estimate of drug-likeness (QED) is 0.780. The maximum Gasteiger partial charge on any atom is 0.199 e. The van der Waals surface area contributed by atoms with Crippen LogP contribution in [0.3, 0.4) is 0 Å². The van der Waals surface area contributed by atoms with Crippen molar-refractivity contribution in [2.75, 3.05) is 5.32 Å². The standard InChI is InChI=1S/C15H11NOS/c17-14-11-6-2-1-5-10(11)9-15(14)16-12-7-3-4-8-13(12)18-15/h1-8,16H,9H2. The molecule has 0 saturated heterocycles. The van der Waals surface area contributed by atoms with E-state index in [1.165, 1.54) is 4.90 Å². The molecule has 18 heavy (non-hydrogen) atoms. The van der Waals surface area contributed by atoms with Gasteiger partial charge in [0.2, 0.25) is 0 Å². The lowest BCUT2D eigenvalue weighted by atomic mass is 10.1. The van der Waals surface area contributed by atoms with E-state index in [1.807, 2.05) is 42.5 Å². The summed E-state index contributed by atoms with van der Waals surface area (Å²) in [6, 6.07) is 16.0. The first kappa shape index (κ1) is 10.2. The second-order valence-corrected chi connectivity index (χ2v) is 6.05. The normalized spacial score (nSPS) is 23.9. The van der Waals surface area contributed by atoms with E-state index in [1.54, 1.807) is 11.8 Å². The number of fused-ring (bicyclic) bond motifs is 2. The highest BCUT2D eigenvalue weighted by Gasteiger charge is 2.49. The van der Waals surface area contributed by atoms with Crippen LogP contribution in [0.4, 0.5) is 5.69 Å². The second-order valence-electron chi connectivity index (χ2n) is 4.71. The summed E-state index contributed by atoms with van der Waals surface area (Å²) in [6.45, 7) is 0. The molecule has 1 heterocycles. The summed E-state index contributed by atoms with van der Waals surface area (Å²) in [5, 5.41) is 3.42. The fraction of sp³-hybridized carbons (Fsp3) is 0.133.